The zero-order valence-corrected chi connectivity index (χ0v) is 9.69. The number of anilines is 1. The first-order valence-electron chi connectivity index (χ1n) is 5.70. The molecular weight excluding hydrogens is 221 g/mol. The van der Waals surface area contributed by atoms with E-state index in [4.69, 9.17) is 0 Å². The van der Waals surface area contributed by atoms with Crippen LogP contribution in [0.2, 0.25) is 0 Å². The Morgan fingerprint density at radius 2 is 2.06 bits per heavy atom. The van der Waals surface area contributed by atoms with Crippen molar-refractivity contribution >= 4 is 11.7 Å². The van der Waals surface area contributed by atoms with Crippen LogP contribution >= 0.6 is 0 Å². The molecule has 5 heteroatoms. The molecule has 1 spiro atoms. The summed E-state index contributed by atoms with van der Waals surface area (Å²) in [4.78, 5) is 19.1. The number of aromatic nitrogens is 1. The number of nitrogens with zero attached hydrogens (tertiary/aromatic N) is 3. The number of carbonyl (C=O) groups excluding carboxylic acids is 1. The largest absolute Gasteiger partial charge is 0.355 e. The summed E-state index contributed by atoms with van der Waals surface area (Å²) in [6.45, 7) is 5.12. The topological polar surface area (TPSA) is 36.4 Å². The molecule has 0 unspecified atom stereocenters. The second-order valence-corrected chi connectivity index (χ2v) is 5.07. The van der Waals surface area contributed by atoms with Crippen molar-refractivity contribution < 1.29 is 9.18 Å². The standard InChI is InChI=1S/C12H14FN3O/c1-9(17)15-5-12(6-15)7-16(8-12)11-3-2-10(13)4-14-11/h2-4H,5-8H2,1H3. The molecule has 0 bridgehead atoms. The van der Waals surface area contributed by atoms with E-state index in [1.165, 1.54) is 12.3 Å². The van der Waals surface area contributed by atoms with Crippen molar-refractivity contribution in [3.8, 4) is 0 Å². The minimum atomic E-state index is -0.310. The highest BCUT2D eigenvalue weighted by Crippen LogP contribution is 2.41. The molecule has 1 aromatic heterocycles. The SMILES string of the molecule is CC(=O)N1CC2(C1)CN(c1ccc(F)cn1)C2. The number of hydrogen-bond donors (Lipinski definition) is 0. The fourth-order valence-corrected chi connectivity index (χ4v) is 2.67. The van der Waals surface area contributed by atoms with Crippen molar-refractivity contribution in [2.75, 3.05) is 31.1 Å². The van der Waals surface area contributed by atoms with Crippen LogP contribution in [0.4, 0.5) is 10.2 Å². The van der Waals surface area contributed by atoms with E-state index >= 15 is 0 Å². The predicted octanol–water partition coefficient (Wildman–Crippen LogP) is 0.889. The number of carbonyl (C=O) groups is 1. The minimum absolute atomic E-state index is 0.147. The van der Waals surface area contributed by atoms with Crippen molar-refractivity contribution in [2.24, 2.45) is 5.41 Å². The first-order chi connectivity index (χ1) is 8.08. The lowest BCUT2D eigenvalue weighted by atomic mass is 9.73. The molecule has 3 heterocycles. The van der Waals surface area contributed by atoms with Crippen LogP contribution in [-0.4, -0.2) is 42.0 Å². The van der Waals surface area contributed by atoms with E-state index in [2.05, 4.69) is 9.88 Å². The minimum Gasteiger partial charge on any atom is -0.355 e. The maximum atomic E-state index is 12.7. The third-order valence-electron chi connectivity index (χ3n) is 3.59. The molecule has 17 heavy (non-hydrogen) atoms. The van der Waals surface area contributed by atoms with E-state index in [0.717, 1.165) is 32.0 Å². The lowest BCUT2D eigenvalue weighted by Gasteiger charge is -2.60. The molecule has 2 fully saturated rings. The van der Waals surface area contributed by atoms with E-state index in [0.29, 0.717) is 0 Å². The fourth-order valence-electron chi connectivity index (χ4n) is 2.67. The van der Waals surface area contributed by atoms with Gasteiger partial charge in [-0.1, -0.05) is 0 Å². The summed E-state index contributed by atoms with van der Waals surface area (Å²) in [5.74, 6) is 0.655. The van der Waals surface area contributed by atoms with Gasteiger partial charge in [0.05, 0.1) is 6.20 Å². The molecule has 0 aromatic carbocycles. The van der Waals surface area contributed by atoms with Gasteiger partial charge in [-0.25, -0.2) is 9.37 Å². The molecule has 0 radical (unpaired) electrons. The van der Waals surface area contributed by atoms with Crippen LogP contribution in [0.3, 0.4) is 0 Å². The monoisotopic (exact) mass is 235 g/mol. The Kier molecular flexibility index (Phi) is 2.11. The van der Waals surface area contributed by atoms with E-state index < -0.39 is 0 Å². The first kappa shape index (κ1) is 10.5. The maximum absolute atomic E-state index is 12.7. The third-order valence-corrected chi connectivity index (χ3v) is 3.59. The summed E-state index contributed by atoms with van der Waals surface area (Å²) in [7, 11) is 0. The van der Waals surface area contributed by atoms with Crippen LogP contribution < -0.4 is 4.90 Å². The van der Waals surface area contributed by atoms with Gasteiger partial charge in [-0.05, 0) is 12.1 Å². The highest BCUT2D eigenvalue weighted by atomic mass is 19.1. The Balaban J connectivity index is 1.59. The number of halogens is 1. The van der Waals surface area contributed by atoms with Crippen molar-refractivity contribution in [3.63, 3.8) is 0 Å². The summed E-state index contributed by atoms with van der Waals surface area (Å²) in [5, 5.41) is 0. The van der Waals surface area contributed by atoms with Crippen LogP contribution in [-0.2, 0) is 4.79 Å². The van der Waals surface area contributed by atoms with Crippen LogP contribution in [0.25, 0.3) is 0 Å². The second kappa shape index (κ2) is 3.42. The van der Waals surface area contributed by atoms with Crippen LogP contribution in [0.15, 0.2) is 18.3 Å². The molecule has 2 aliphatic heterocycles. The second-order valence-electron chi connectivity index (χ2n) is 5.07. The Hall–Kier alpha value is -1.65. The number of hydrogen-bond acceptors (Lipinski definition) is 3. The van der Waals surface area contributed by atoms with Crippen molar-refractivity contribution in [2.45, 2.75) is 6.92 Å². The van der Waals surface area contributed by atoms with Gasteiger partial charge in [0.25, 0.3) is 0 Å². The predicted molar refractivity (Wildman–Crippen MR) is 61.1 cm³/mol. The molecular formula is C12H14FN3O. The van der Waals surface area contributed by atoms with Crippen LogP contribution in [0.5, 0.6) is 0 Å². The Bertz CT molecular complexity index is 445. The summed E-state index contributed by atoms with van der Waals surface area (Å²) >= 11 is 0. The molecule has 90 valence electrons. The Labute approximate surface area is 99.0 Å². The Morgan fingerprint density at radius 3 is 2.59 bits per heavy atom. The average molecular weight is 235 g/mol. The van der Waals surface area contributed by atoms with Gasteiger partial charge in [0, 0.05) is 38.5 Å². The lowest BCUT2D eigenvalue weighted by molar-refractivity contribution is -0.142. The van der Waals surface area contributed by atoms with Crippen molar-refractivity contribution in [1.82, 2.24) is 9.88 Å². The van der Waals surface area contributed by atoms with Gasteiger partial charge >= 0.3 is 0 Å². The lowest BCUT2D eigenvalue weighted by Crippen LogP contribution is -2.73. The van der Waals surface area contributed by atoms with Gasteiger partial charge in [0.15, 0.2) is 0 Å². The van der Waals surface area contributed by atoms with Gasteiger partial charge in [-0.15, -0.1) is 0 Å². The first-order valence-corrected chi connectivity index (χ1v) is 5.70. The highest BCUT2D eigenvalue weighted by molar-refractivity contribution is 5.74. The number of amides is 1. The molecule has 2 aliphatic rings. The van der Waals surface area contributed by atoms with E-state index in [-0.39, 0.29) is 17.1 Å². The zero-order chi connectivity index (χ0) is 12.0. The quantitative estimate of drug-likeness (QED) is 0.725. The maximum Gasteiger partial charge on any atom is 0.219 e. The average Bonchev–Trinajstić information content (AvgIpc) is 2.15. The number of rotatable bonds is 1. The van der Waals surface area contributed by atoms with E-state index in [1.54, 1.807) is 13.0 Å². The molecule has 4 nitrogen and oxygen atoms in total. The van der Waals surface area contributed by atoms with Gasteiger partial charge < -0.3 is 9.80 Å². The van der Waals surface area contributed by atoms with E-state index in [1.807, 2.05) is 4.90 Å². The summed E-state index contributed by atoms with van der Waals surface area (Å²) in [6, 6.07) is 3.12. The van der Waals surface area contributed by atoms with Crippen LogP contribution in [0, 0.1) is 11.2 Å². The number of pyridine rings is 1. The van der Waals surface area contributed by atoms with Gasteiger partial charge in [-0.3, -0.25) is 4.79 Å². The molecule has 1 aromatic rings. The molecule has 2 saturated heterocycles. The molecule has 0 N–H and O–H groups in total. The third kappa shape index (κ3) is 1.66. The van der Waals surface area contributed by atoms with Crippen molar-refractivity contribution in [1.29, 1.82) is 0 Å². The highest BCUT2D eigenvalue weighted by Gasteiger charge is 2.52. The van der Waals surface area contributed by atoms with Gasteiger partial charge in [-0.2, -0.15) is 0 Å². The molecule has 0 aliphatic carbocycles. The smallest absolute Gasteiger partial charge is 0.219 e. The molecule has 0 atom stereocenters. The van der Waals surface area contributed by atoms with Crippen molar-refractivity contribution in [3.05, 3.63) is 24.1 Å². The summed E-state index contributed by atoms with van der Waals surface area (Å²) in [6.07, 6.45) is 1.24. The van der Waals surface area contributed by atoms with E-state index in [9.17, 15) is 9.18 Å². The molecule has 1 amide bonds. The fraction of sp³-hybridized carbons (Fsp3) is 0.500. The summed E-state index contributed by atoms with van der Waals surface area (Å²) < 4.78 is 12.7. The number of likely N-dealkylation sites (tertiary alicyclic amines) is 1. The van der Waals surface area contributed by atoms with Gasteiger partial charge in [0.1, 0.15) is 11.6 Å². The Morgan fingerprint density at radius 1 is 1.35 bits per heavy atom. The molecule has 0 saturated carbocycles. The zero-order valence-electron chi connectivity index (χ0n) is 9.69. The van der Waals surface area contributed by atoms with Gasteiger partial charge in [0.2, 0.25) is 5.91 Å². The summed E-state index contributed by atoms with van der Waals surface area (Å²) in [5.41, 5.74) is 0.266. The normalized spacial score (nSPS) is 21.1. The molecule has 3 rings (SSSR count). The van der Waals surface area contributed by atoms with Crippen LogP contribution in [0.1, 0.15) is 6.92 Å².